The molecule has 0 atom stereocenters. The highest BCUT2D eigenvalue weighted by atomic mass is 127. The molecule has 0 saturated carbocycles. The van der Waals surface area contributed by atoms with Crippen LogP contribution in [0.25, 0.3) is 0 Å². The summed E-state index contributed by atoms with van der Waals surface area (Å²) < 4.78 is 25.2. The van der Waals surface area contributed by atoms with Gasteiger partial charge in [-0.1, -0.05) is 0 Å². The summed E-state index contributed by atoms with van der Waals surface area (Å²) in [7, 11) is 0. The molecular formula is C6H3F2I2NO. The number of nitrogens with one attached hydrogen (secondary N) is 1. The van der Waals surface area contributed by atoms with Gasteiger partial charge in [0.2, 0.25) is 0 Å². The predicted molar refractivity (Wildman–Crippen MR) is 57.5 cm³/mol. The maximum atomic E-state index is 12.1. The fourth-order valence-electron chi connectivity index (χ4n) is 0.648. The zero-order valence-electron chi connectivity index (χ0n) is 5.57. The molecule has 1 rings (SSSR count). The topological polar surface area (TPSA) is 32.9 Å². The number of rotatable bonds is 1. The zero-order valence-corrected chi connectivity index (χ0v) is 9.89. The van der Waals surface area contributed by atoms with Crippen LogP contribution in [0.4, 0.5) is 8.78 Å². The molecule has 0 aliphatic rings. The van der Waals surface area contributed by atoms with Crippen LogP contribution in [0.5, 0.6) is 0 Å². The molecule has 66 valence electrons. The Hall–Kier alpha value is 0.270. The van der Waals surface area contributed by atoms with Crippen molar-refractivity contribution in [3.63, 3.8) is 0 Å². The van der Waals surface area contributed by atoms with Gasteiger partial charge in [0.15, 0.2) is 0 Å². The predicted octanol–water partition coefficient (Wildman–Crippen LogP) is 2.52. The van der Waals surface area contributed by atoms with Crippen LogP contribution in [-0.2, 0) is 0 Å². The van der Waals surface area contributed by atoms with Gasteiger partial charge in [-0.25, -0.2) is 8.78 Å². The minimum absolute atomic E-state index is 0.329. The van der Waals surface area contributed by atoms with E-state index < -0.39 is 12.0 Å². The van der Waals surface area contributed by atoms with Gasteiger partial charge in [0.05, 0.1) is 9.26 Å². The maximum absolute atomic E-state index is 12.1. The van der Waals surface area contributed by atoms with E-state index in [1.54, 1.807) is 0 Å². The first-order valence-electron chi connectivity index (χ1n) is 2.88. The second kappa shape index (κ2) is 3.99. The summed E-state index contributed by atoms with van der Waals surface area (Å²) in [6.45, 7) is 0. The van der Waals surface area contributed by atoms with E-state index in [1.807, 2.05) is 45.2 Å². The van der Waals surface area contributed by atoms with Gasteiger partial charge in [-0.3, -0.25) is 4.79 Å². The summed E-state index contributed by atoms with van der Waals surface area (Å²) in [5.74, 6) is 0. The minimum Gasteiger partial charge on any atom is -0.320 e. The van der Waals surface area contributed by atoms with Gasteiger partial charge in [0, 0.05) is 3.57 Å². The van der Waals surface area contributed by atoms with Crippen molar-refractivity contribution in [1.82, 2.24) is 4.98 Å². The number of alkyl halides is 2. The lowest BCUT2D eigenvalue weighted by Crippen LogP contribution is -2.14. The molecule has 1 heterocycles. The molecule has 6 heteroatoms. The van der Waals surface area contributed by atoms with E-state index in [1.165, 1.54) is 6.07 Å². The molecule has 1 N–H and O–H groups in total. The lowest BCUT2D eigenvalue weighted by Gasteiger charge is -2.00. The molecule has 0 amide bonds. The largest absolute Gasteiger partial charge is 0.320 e. The third-order valence-corrected chi connectivity index (χ3v) is 4.14. The first kappa shape index (κ1) is 10.4. The fraction of sp³-hybridized carbons (Fsp3) is 0.167. The number of hydrogen-bond donors (Lipinski definition) is 1. The van der Waals surface area contributed by atoms with Crippen LogP contribution in [0, 0.1) is 7.14 Å². The van der Waals surface area contributed by atoms with Crippen LogP contribution >= 0.6 is 45.2 Å². The van der Waals surface area contributed by atoms with Crippen molar-refractivity contribution in [3.8, 4) is 0 Å². The van der Waals surface area contributed by atoms with E-state index in [9.17, 15) is 13.6 Å². The molecule has 12 heavy (non-hydrogen) atoms. The first-order chi connectivity index (χ1) is 5.52. The molecule has 1 aromatic heterocycles. The van der Waals surface area contributed by atoms with E-state index in [-0.39, 0.29) is 5.69 Å². The van der Waals surface area contributed by atoms with Crippen LogP contribution < -0.4 is 5.56 Å². The van der Waals surface area contributed by atoms with Gasteiger partial charge in [-0.05, 0) is 51.2 Å². The fourth-order valence-corrected chi connectivity index (χ4v) is 1.52. The Bertz CT molecular complexity index is 350. The van der Waals surface area contributed by atoms with Crippen molar-refractivity contribution in [2.45, 2.75) is 6.43 Å². The number of aromatic amines is 1. The zero-order chi connectivity index (χ0) is 9.30. The summed E-state index contributed by atoms with van der Waals surface area (Å²) in [5, 5.41) is 0. The Morgan fingerprint density at radius 1 is 1.42 bits per heavy atom. The van der Waals surface area contributed by atoms with Crippen LogP contribution in [0.15, 0.2) is 10.9 Å². The van der Waals surface area contributed by atoms with Crippen molar-refractivity contribution < 1.29 is 8.78 Å². The second-order valence-electron chi connectivity index (χ2n) is 2.02. The molecule has 0 saturated heterocycles. The number of pyridine rings is 1. The summed E-state index contributed by atoms with van der Waals surface area (Å²) in [6.07, 6.45) is -2.62. The molecule has 0 fully saturated rings. The van der Waals surface area contributed by atoms with Crippen LogP contribution in [0.2, 0.25) is 0 Å². The van der Waals surface area contributed by atoms with Gasteiger partial charge >= 0.3 is 0 Å². The monoisotopic (exact) mass is 397 g/mol. The van der Waals surface area contributed by atoms with E-state index in [0.29, 0.717) is 7.14 Å². The number of hydrogen-bond acceptors (Lipinski definition) is 1. The molecule has 0 aliphatic heterocycles. The Kier molecular flexibility index (Phi) is 3.44. The lowest BCUT2D eigenvalue weighted by molar-refractivity contribution is 0.145. The molecule has 2 nitrogen and oxygen atoms in total. The van der Waals surface area contributed by atoms with Crippen molar-refractivity contribution in [3.05, 3.63) is 29.3 Å². The van der Waals surface area contributed by atoms with Crippen LogP contribution in [-0.4, -0.2) is 4.98 Å². The third-order valence-electron chi connectivity index (χ3n) is 1.18. The van der Waals surface area contributed by atoms with Gasteiger partial charge in [-0.15, -0.1) is 0 Å². The van der Waals surface area contributed by atoms with Crippen molar-refractivity contribution >= 4 is 45.2 Å². The molecule has 0 spiro atoms. The van der Waals surface area contributed by atoms with E-state index in [2.05, 4.69) is 4.98 Å². The number of halogens is 4. The Morgan fingerprint density at radius 2 is 2.00 bits per heavy atom. The van der Waals surface area contributed by atoms with E-state index >= 15 is 0 Å². The molecule has 0 radical (unpaired) electrons. The van der Waals surface area contributed by atoms with Crippen LogP contribution in [0.1, 0.15) is 12.1 Å². The summed E-state index contributed by atoms with van der Waals surface area (Å²) >= 11 is 3.66. The summed E-state index contributed by atoms with van der Waals surface area (Å²) in [4.78, 5) is 13.1. The highest BCUT2D eigenvalue weighted by Crippen LogP contribution is 2.18. The molecule has 0 aliphatic carbocycles. The molecule has 0 aromatic carbocycles. The van der Waals surface area contributed by atoms with Crippen molar-refractivity contribution in [2.24, 2.45) is 0 Å². The van der Waals surface area contributed by atoms with E-state index in [0.717, 1.165) is 0 Å². The smallest absolute Gasteiger partial charge is 0.278 e. The Morgan fingerprint density at radius 3 is 2.42 bits per heavy atom. The number of aromatic nitrogens is 1. The SMILES string of the molecule is O=c1[nH]c(C(F)F)cc(I)c1I. The standard InChI is InChI=1S/C6H3F2I2NO/c7-5(8)3-1-2(9)4(10)6(12)11-3/h1,5H,(H,11,12). The van der Waals surface area contributed by atoms with Crippen molar-refractivity contribution in [1.29, 1.82) is 0 Å². The summed E-state index contributed by atoms with van der Waals surface area (Å²) in [6, 6.07) is 1.27. The Balaban J connectivity index is 3.31. The highest BCUT2D eigenvalue weighted by molar-refractivity contribution is 14.1. The first-order valence-corrected chi connectivity index (χ1v) is 5.04. The minimum atomic E-state index is -2.62. The van der Waals surface area contributed by atoms with Gasteiger partial charge in [0.1, 0.15) is 0 Å². The molecule has 1 aromatic rings. The third kappa shape index (κ3) is 2.15. The van der Waals surface area contributed by atoms with Gasteiger partial charge < -0.3 is 4.98 Å². The molecule has 0 bridgehead atoms. The van der Waals surface area contributed by atoms with Gasteiger partial charge in [0.25, 0.3) is 12.0 Å². The lowest BCUT2D eigenvalue weighted by atomic mass is 10.4. The number of H-pyrrole nitrogens is 1. The highest BCUT2D eigenvalue weighted by Gasteiger charge is 2.11. The van der Waals surface area contributed by atoms with Gasteiger partial charge in [-0.2, -0.15) is 0 Å². The maximum Gasteiger partial charge on any atom is 0.278 e. The van der Waals surface area contributed by atoms with Crippen LogP contribution in [0.3, 0.4) is 0 Å². The second-order valence-corrected chi connectivity index (χ2v) is 4.26. The van der Waals surface area contributed by atoms with E-state index in [4.69, 9.17) is 0 Å². The molecule has 0 unspecified atom stereocenters. The normalized spacial score (nSPS) is 10.8. The van der Waals surface area contributed by atoms with Crippen molar-refractivity contribution in [2.75, 3.05) is 0 Å². The average Bonchev–Trinajstić information content (AvgIpc) is 1.99. The average molecular weight is 397 g/mol. The molecular weight excluding hydrogens is 394 g/mol. The summed E-state index contributed by atoms with van der Waals surface area (Å²) in [5.41, 5.74) is -0.789. The quantitative estimate of drug-likeness (QED) is 0.727. The Labute approximate surface area is 94.0 Å².